The SMILES string of the molecule is CCOC(=O)N1CCN(C(=O)CN(C)CC(=O)Nc2cccc(C)c2C)CC1. The number of hydrogen-bond donors (Lipinski definition) is 1. The number of nitrogens with zero attached hydrogens (tertiary/aromatic N) is 3. The summed E-state index contributed by atoms with van der Waals surface area (Å²) in [6.45, 7) is 8.22. The number of likely N-dealkylation sites (N-methyl/N-ethyl adjacent to an activating group) is 1. The van der Waals surface area contributed by atoms with Gasteiger partial charge in [-0.2, -0.15) is 0 Å². The Labute approximate surface area is 166 Å². The Balaban J connectivity index is 1.77. The maximum absolute atomic E-state index is 12.5. The van der Waals surface area contributed by atoms with Gasteiger partial charge in [0.1, 0.15) is 0 Å². The molecule has 1 aliphatic rings. The third kappa shape index (κ3) is 5.95. The van der Waals surface area contributed by atoms with E-state index < -0.39 is 0 Å². The molecule has 0 bridgehead atoms. The van der Waals surface area contributed by atoms with Crippen LogP contribution >= 0.6 is 0 Å². The van der Waals surface area contributed by atoms with Gasteiger partial charge >= 0.3 is 6.09 Å². The average Bonchev–Trinajstić information content (AvgIpc) is 2.65. The second kappa shape index (κ2) is 10.1. The molecular formula is C20H30N4O4. The van der Waals surface area contributed by atoms with Crippen LogP contribution in [0.2, 0.25) is 0 Å². The predicted molar refractivity (Wildman–Crippen MR) is 107 cm³/mol. The summed E-state index contributed by atoms with van der Waals surface area (Å²) in [6.07, 6.45) is -0.338. The average molecular weight is 390 g/mol. The molecule has 3 amide bonds. The van der Waals surface area contributed by atoms with Gasteiger partial charge in [0.05, 0.1) is 19.7 Å². The van der Waals surface area contributed by atoms with E-state index in [1.807, 2.05) is 32.0 Å². The second-order valence-electron chi connectivity index (χ2n) is 7.03. The minimum atomic E-state index is -0.338. The molecule has 0 saturated carbocycles. The number of carbonyl (C=O) groups is 3. The molecule has 0 aromatic heterocycles. The number of piperazine rings is 1. The van der Waals surface area contributed by atoms with Crippen LogP contribution < -0.4 is 5.32 Å². The summed E-state index contributed by atoms with van der Waals surface area (Å²) in [4.78, 5) is 41.5. The third-order valence-electron chi connectivity index (χ3n) is 4.86. The topological polar surface area (TPSA) is 82.2 Å². The molecule has 1 fully saturated rings. The van der Waals surface area contributed by atoms with Gasteiger partial charge in [-0.15, -0.1) is 0 Å². The van der Waals surface area contributed by atoms with Crippen LogP contribution in [0.25, 0.3) is 0 Å². The Morgan fingerprint density at radius 2 is 1.71 bits per heavy atom. The fourth-order valence-corrected chi connectivity index (χ4v) is 3.06. The van der Waals surface area contributed by atoms with Gasteiger partial charge in [0.25, 0.3) is 0 Å². The minimum Gasteiger partial charge on any atom is -0.450 e. The molecule has 8 nitrogen and oxygen atoms in total. The Bertz CT molecular complexity index is 714. The van der Waals surface area contributed by atoms with Crippen LogP contribution in [0.5, 0.6) is 0 Å². The van der Waals surface area contributed by atoms with E-state index >= 15 is 0 Å². The van der Waals surface area contributed by atoms with Gasteiger partial charge < -0.3 is 19.9 Å². The van der Waals surface area contributed by atoms with Crippen molar-refractivity contribution in [3.63, 3.8) is 0 Å². The van der Waals surface area contributed by atoms with Crippen LogP contribution in [0.4, 0.5) is 10.5 Å². The number of hydrogen-bond acceptors (Lipinski definition) is 5. The number of aryl methyl sites for hydroxylation is 1. The summed E-state index contributed by atoms with van der Waals surface area (Å²) in [6, 6.07) is 5.77. The van der Waals surface area contributed by atoms with Crippen molar-refractivity contribution < 1.29 is 19.1 Å². The molecule has 0 atom stereocenters. The summed E-state index contributed by atoms with van der Waals surface area (Å²) in [7, 11) is 1.75. The maximum Gasteiger partial charge on any atom is 0.409 e. The zero-order chi connectivity index (χ0) is 20.7. The standard InChI is InChI=1S/C20H30N4O4/c1-5-28-20(27)24-11-9-23(10-12-24)19(26)14-22(4)13-18(25)21-17-8-6-7-15(2)16(17)3/h6-8H,5,9-14H2,1-4H3,(H,21,25). The first-order valence-corrected chi connectivity index (χ1v) is 9.56. The van der Waals surface area contributed by atoms with E-state index in [4.69, 9.17) is 4.74 Å². The number of carbonyl (C=O) groups excluding carboxylic acids is 3. The van der Waals surface area contributed by atoms with Gasteiger partial charge in [0, 0.05) is 31.9 Å². The van der Waals surface area contributed by atoms with Crippen molar-refractivity contribution in [1.29, 1.82) is 0 Å². The lowest BCUT2D eigenvalue weighted by atomic mass is 10.1. The molecular weight excluding hydrogens is 360 g/mol. The summed E-state index contributed by atoms with van der Waals surface area (Å²) < 4.78 is 4.98. The maximum atomic E-state index is 12.5. The fourth-order valence-electron chi connectivity index (χ4n) is 3.06. The molecule has 1 aromatic carbocycles. The molecule has 0 radical (unpaired) electrons. The van der Waals surface area contributed by atoms with Crippen molar-refractivity contribution in [1.82, 2.24) is 14.7 Å². The quantitative estimate of drug-likeness (QED) is 0.796. The largest absolute Gasteiger partial charge is 0.450 e. The van der Waals surface area contributed by atoms with Crippen molar-refractivity contribution in [3.8, 4) is 0 Å². The van der Waals surface area contributed by atoms with Gasteiger partial charge in [-0.1, -0.05) is 12.1 Å². The highest BCUT2D eigenvalue weighted by Crippen LogP contribution is 2.17. The number of benzene rings is 1. The normalized spacial score (nSPS) is 14.2. The molecule has 154 valence electrons. The monoisotopic (exact) mass is 390 g/mol. The van der Waals surface area contributed by atoms with Crippen LogP contribution in [-0.2, 0) is 14.3 Å². The second-order valence-corrected chi connectivity index (χ2v) is 7.03. The molecule has 1 aliphatic heterocycles. The van der Waals surface area contributed by atoms with Gasteiger partial charge in [0.15, 0.2) is 0 Å². The Morgan fingerprint density at radius 1 is 1.07 bits per heavy atom. The number of nitrogens with one attached hydrogen (secondary N) is 1. The van der Waals surface area contributed by atoms with E-state index in [2.05, 4.69) is 5.32 Å². The van der Waals surface area contributed by atoms with Crippen LogP contribution in [0.15, 0.2) is 18.2 Å². The van der Waals surface area contributed by atoms with E-state index in [-0.39, 0.29) is 31.0 Å². The molecule has 8 heteroatoms. The highest BCUT2D eigenvalue weighted by atomic mass is 16.6. The first-order valence-electron chi connectivity index (χ1n) is 9.56. The van der Waals surface area contributed by atoms with E-state index in [0.717, 1.165) is 16.8 Å². The lowest BCUT2D eigenvalue weighted by molar-refractivity contribution is -0.134. The summed E-state index contributed by atoms with van der Waals surface area (Å²) >= 11 is 0. The summed E-state index contributed by atoms with van der Waals surface area (Å²) in [5, 5.41) is 2.90. The first-order chi connectivity index (χ1) is 13.3. The van der Waals surface area contributed by atoms with Crippen molar-refractivity contribution in [3.05, 3.63) is 29.3 Å². The van der Waals surface area contributed by atoms with E-state index in [1.165, 1.54) is 0 Å². The highest BCUT2D eigenvalue weighted by molar-refractivity contribution is 5.93. The van der Waals surface area contributed by atoms with Crippen LogP contribution in [0.3, 0.4) is 0 Å². The molecule has 1 N–H and O–H groups in total. The summed E-state index contributed by atoms with van der Waals surface area (Å²) in [5.74, 6) is -0.207. The number of amides is 3. The van der Waals surface area contributed by atoms with Crippen LogP contribution in [0.1, 0.15) is 18.1 Å². The zero-order valence-electron chi connectivity index (χ0n) is 17.2. The van der Waals surface area contributed by atoms with Gasteiger partial charge in [-0.05, 0) is 45.0 Å². The molecule has 0 unspecified atom stereocenters. The minimum absolute atomic E-state index is 0.0504. The third-order valence-corrected chi connectivity index (χ3v) is 4.86. The lowest BCUT2D eigenvalue weighted by Gasteiger charge is -2.34. The smallest absolute Gasteiger partial charge is 0.409 e. The van der Waals surface area contributed by atoms with E-state index in [1.54, 1.807) is 28.7 Å². The Morgan fingerprint density at radius 3 is 2.36 bits per heavy atom. The lowest BCUT2D eigenvalue weighted by Crippen LogP contribution is -2.52. The van der Waals surface area contributed by atoms with E-state index in [0.29, 0.717) is 32.8 Å². The highest BCUT2D eigenvalue weighted by Gasteiger charge is 2.25. The molecule has 2 rings (SSSR count). The molecule has 0 aliphatic carbocycles. The predicted octanol–water partition coefficient (Wildman–Crippen LogP) is 1.47. The Kier molecular flexibility index (Phi) is 7.80. The van der Waals surface area contributed by atoms with Crippen LogP contribution in [0, 0.1) is 13.8 Å². The van der Waals surface area contributed by atoms with Crippen molar-refractivity contribution in [2.75, 3.05) is 58.2 Å². The van der Waals surface area contributed by atoms with Crippen molar-refractivity contribution in [2.45, 2.75) is 20.8 Å². The number of rotatable bonds is 6. The summed E-state index contributed by atoms with van der Waals surface area (Å²) in [5.41, 5.74) is 2.94. The number of anilines is 1. The first kappa shape index (κ1) is 21.7. The molecule has 1 heterocycles. The van der Waals surface area contributed by atoms with Crippen molar-refractivity contribution in [2.24, 2.45) is 0 Å². The fraction of sp³-hybridized carbons (Fsp3) is 0.550. The van der Waals surface area contributed by atoms with Gasteiger partial charge in [-0.25, -0.2) is 4.79 Å². The van der Waals surface area contributed by atoms with E-state index in [9.17, 15) is 14.4 Å². The molecule has 0 spiro atoms. The van der Waals surface area contributed by atoms with Crippen molar-refractivity contribution >= 4 is 23.6 Å². The molecule has 28 heavy (non-hydrogen) atoms. The zero-order valence-corrected chi connectivity index (χ0v) is 17.2. The Hall–Kier alpha value is -2.61. The molecule has 1 aromatic rings. The molecule has 1 saturated heterocycles. The number of ether oxygens (including phenoxy) is 1. The van der Waals surface area contributed by atoms with Crippen LogP contribution in [-0.4, -0.2) is 85.5 Å². The van der Waals surface area contributed by atoms with Gasteiger partial charge in [0.2, 0.25) is 11.8 Å². The van der Waals surface area contributed by atoms with Gasteiger partial charge in [-0.3, -0.25) is 14.5 Å².